The average Bonchev–Trinajstić information content (AvgIpc) is 2.17. The summed E-state index contributed by atoms with van der Waals surface area (Å²) in [5.41, 5.74) is 0.771. The van der Waals surface area contributed by atoms with E-state index in [0.717, 1.165) is 5.56 Å². The van der Waals surface area contributed by atoms with Crippen molar-refractivity contribution >= 4 is 35.2 Å². The van der Waals surface area contributed by atoms with Gasteiger partial charge in [0, 0.05) is 22.7 Å². The maximum absolute atomic E-state index is 11.1. The van der Waals surface area contributed by atoms with Crippen LogP contribution < -0.4 is 5.32 Å². The third-order valence-corrected chi connectivity index (χ3v) is 2.29. The van der Waals surface area contributed by atoms with E-state index in [0.29, 0.717) is 16.6 Å². The van der Waals surface area contributed by atoms with Crippen LogP contribution in [0.25, 0.3) is 6.08 Å². The number of rotatable bonds is 3. The second-order valence-electron chi connectivity index (χ2n) is 2.89. The summed E-state index contributed by atoms with van der Waals surface area (Å²) in [5, 5.41) is 3.76. The van der Waals surface area contributed by atoms with Crippen LogP contribution in [0, 0.1) is 0 Å². The summed E-state index contributed by atoms with van der Waals surface area (Å²) in [7, 11) is 0. The van der Waals surface area contributed by atoms with Crippen molar-refractivity contribution in [3.05, 3.63) is 39.9 Å². The Morgan fingerprint density at radius 3 is 2.80 bits per heavy atom. The number of carbonyl (C=O) groups excluding carboxylic acids is 1. The zero-order valence-corrected chi connectivity index (χ0v) is 9.77. The number of carbonyl (C=O) groups is 1. The molecule has 0 aromatic heterocycles. The average molecular weight is 244 g/mol. The molecule has 0 radical (unpaired) electrons. The lowest BCUT2D eigenvalue weighted by molar-refractivity contribution is -0.116. The topological polar surface area (TPSA) is 29.1 Å². The van der Waals surface area contributed by atoms with Crippen molar-refractivity contribution in [3.8, 4) is 0 Å². The molecule has 0 fully saturated rings. The van der Waals surface area contributed by atoms with Crippen molar-refractivity contribution in [3.63, 3.8) is 0 Å². The lowest BCUT2D eigenvalue weighted by Crippen LogP contribution is -2.19. The minimum Gasteiger partial charge on any atom is -0.353 e. The van der Waals surface area contributed by atoms with E-state index in [1.165, 1.54) is 6.08 Å². The molecule has 0 spiro atoms. The number of nitrogens with one attached hydrogen (secondary N) is 1. The summed E-state index contributed by atoms with van der Waals surface area (Å²) in [6.07, 6.45) is 3.10. The van der Waals surface area contributed by atoms with Crippen LogP contribution in [0.5, 0.6) is 0 Å². The summed E-state index contributed by atoms with van der Waals surface area (Å²) in [5.74, 6) is -0.136. The normalized spacial score (nSPS) is 10.6. The third kappa shape index (κ3) is 3.94. The molecule has 0 aliphatic heterocycles. The van der Waals surface area contributed by atoms with Crippen LogP contribution in [0.1, 0.15) is 12.5 Å². The second-order valence-corrected chi connectivity index (χ2v) is 3.74. The van der Waals surface area contributed by atoms with Crippen LogP contribution in [-0.2, 0) is 4.79 Å². The number of halogens is 2. The second kappa shape index (κ2) is 5.79. The van der Waals surface area contributed by atoms with Crippen molar-refractivity contribution in [1.82, 2.24) is 5.32 Å². The number of hydrogen-bond acceptors (Lipinski definition) is 1. The smallest absolute Gasteiger partial charge is 0.243 e. The molecule has 1 aromatic carbocycles. The van der Waals surface area contributed by atoms with Crippen LogP contribution in [0.2, 0.25) is 10.0 Å². The van der Waals surface area contributed by atoms with Crippen molar-refractivity contribution in [2.45, 2.75) is 6.92 Å². The van der Waals surface area contributed by atoms with Gasteiger partial charge in [-0.25, -0.2) is 0 Å². The third-order valence-electron chi connectivity index (χ3n) is 1.73. The summed E-state index contributed by atoms with van der Waals surface area (Å²) < 4.78 is 0. The summed E-state index contributed by atoms with van der Waals surface area (Å²) in [6.45, 7) is 2.47. The highest BCUT2D eigenvalue weighted by Crippen LogP contribution is 2.21. The Morgan fingerprint density at radius 2 is 2.20 bits per heavy atom. The van der Waals surface area contributed by atoms with Crippen LogP contribution >= 0.6 is 23.2 Å². The maximum atomic E-state index is 11.1. The Labute approximate surface area is 98.9 Å². The molecule has 1 amide bonds. The molecule has 80 valence electrons. The van der Waals surface area contributed by atoms with Gasteiger partial charge in [-0.15, -0.1) is 0 Å². The largest absolute Gasteiger partial charge is 0.353 e. The quantitative estimate of drug-likeness (QED) is 0.813. The lowest BCUT2D eigenvalue weighted by Gasteiger charge is -1.99. The molecular formula is C11H11Cl2NO. The first-order valence-electron chi connectivity index (χ1n) is 4.54. The summed E-state index contributed by atoms with van der Waals surface area (Å²) >= 11 is 11.7. The fourth-order valence-corrected chi connectivity index (χ4v) is 1.51. The van der Waals surface area contributed by atoms with E-state index in [9.17, 15) is 4.79 Å². The molecule has 1 rings (SSSR count). The van der Waals surface area contributed by atoms with Gasteiger partial charge < -0.3 is 5.32 Å². The maximum Gasteiger partial charge on any atom is 0.243 e. The van der Waals surface area contributed by atoms with Gasteiger partial charge in [0.15, 0.2) is 0 Å². The molecule has 0 saturated heterocycles. The van der Waals surface area contributed by atoms with Gasteiger partial charge in [-0.05, 0) is 30.7 Å². The van der Waals surface area contributed by atoms with E-state index in [2.05, 4.69) is 5.32 Å². The highest BCUT2D eigenvalue weighted by molar-refractivity contribution is 6.35. The van der Waals surface area contributed by atoms with E-state index in [1.54, 1.807) is 24.3 Å². The van der Waals surface area contributed by atoms with Gasteiger partial charge in [-0.1, -0.05) is 29.3 Å². The van der Waals surface area contributed by atoms with E-state index in [-0.39, 0.29) is 5.91 Å². The van der Waals surface area contributed by atoms with Gasteiger partial charge in [0.05, 0.1) is 0 Å². The molecule has 4 heteroatoms. The Kier molecular flexibility index (Phi) is 4.66. The molecule has 0 aliphatic rings. The fourth-order valence-electron chi connectivity index (χ4n) is 1.04. The Balaban J connectivity index is 2.76. The molecular weight excluding hydrogens is 233 g/mol. The number of likely N-dealkylation sites (N-methyl/N-ethyl adjacent to an activating group) is 1. The predicted molar refractivity (Wildman–Crippen MR) is 64.2 cm³/mol. The number of hydrogen-bond donors (Lipinski definition) is 1. The van der Waals surface area contributed by atoms with E-state index < -0.39 is 0 Å². The van der Waals surface area contributed by atoms with E-state index >= 15 is 0 Å². The van der Waals surface area contributed by atoms with Crippen LogP contribution in [0.3, 0.4) is 0 Å². The first-order valence-corrected chi connectivity index (χ1v) is 5.30. The zero-order chi connectivity index (χ0) is 11.3. The van der Waals surface area contributed by atoms with Crippen LogP contribution in [-0.4, -0.2) is 12.5 Å². The van der Waals surface area contributed by atoms with Crippen molar-refractivity contribution in [2.24, 2.45) is 0 Å². The predicted octanol–water partition coefficient (Wildman–Crippen LogP) is 3.14. The van der Waals surface area contributed by atoms with Gasteiger partial charge in [0.2, 0.25) is 5.91 Å². The van der Waals surface area contributed by atoms with Crippen molar-refractivity contribution in [1.29, 1.82) is 0 Å². The molecule has 0 bridgehead atoms. The molecule has 0 atom stereocenters. The van der Waals surface area contributed by atoms with E-state index in [1.807, 2.05) is 6.92 Å². The molecule has 0 heterocycles. The van der Waals surface area contributed by atoms with Gasteiger partial charge in [-0.3, -0.25) is 4.79 Å². The fraction of sp³-hybridized carbons (Fsp3) is 0.182. The molecule has 0 saturated carbocycles. The van der Waals surface area contributed by atoms with E-state index in [4.69, 9.17) is 23.2 Å². The standard InChI is InChI=1S/C11H11Cl2NO/c1-2-14-11(15)6-4-8-3-5-9(12)7-10(8)13/h3-7H,2H2,1H3,(H,14,15). The van der Waals surface area contributed by atoms with Gasteiger partial charge in [0.1, 0.15) is 0 Å². The molecule has 1 N–H and O–H groups in total. The molecule has 15 heavy (non-hydrogen) atoms. The summed E-state index contributed by atoms with van der Waals surface area (Å²) in [4.78, 5) is 11.1. The minimum absolute atomic E-state index is 0.136. The Hall–Kier alpha value is -0.990. The van der Waals surface area contributed by atoms with Crippen LogP contribution in [0.15, 0.2) is 24.3 Å². The Morgan fingerprint density at radius 1 is 1.47 bits per heavy atom. The highest BCUT2D eigenvalue weighted by atomic mass is 35.5. The molecule has 0 unspecified atom stereocenters. The van der Waals surface area contributed by atoms with Crippen LogP contribution in [0.4, 0.5) is 0 Å². The first kappa shape index (κ1) is 12.1. The van der Waals surface area contributed by atoms with Crippen molar-refractivity contribution in [2.75, 3.05) is 6.54 Å². The first-order chi connectivity index (χ1) is 7.13. The number of benzene rings is 1. The molecule has 1 aromatic rings. The van der Waals surface area contributed by atoms with Crippen molar-refractivity contribution < 1.29 is 4.79 Å². The number of amides is 1. The lowest BCUT2D eigenvalue weighted by atomic mass is 10.2. The molecule has 0 aliphatic carbocycles. The SMILES string of the molecule is CCNC(=O)C=Cc1ccc(Cl)cc1Cl. The monoisotopic (exact) mass is 243 g/mol. The van der Waals surface area contributed by atoms with Gasteiger partial charge in [-0.2, -0.15) is 0 Å². The zero-order valence-electron chi connectivity index (χ0n) is 8.26. The van der Waals surface area contributed by atoms with Gasteiger partial charge >= 0.3 is 0 Å². The summed E-state index contributed by atoms with van der Waals surface area (Å²) in [6, 6.07) is 5.13. The highest BCUT2D eigenvalue weighted by Gasteiger charge is 1.98. The minimum atomic E-state index is -0.136. The van der Waals surface area contributed by atoms with Gasteiger partial charge in [0.25, 0.3) is 0 Å². The molecule has 2 nitrogen and oxygen atoms in total. The Bertz CT molecular complexity index is 388.